The third-order valence-electron chi connectivity index (χ3n) is 3.09. The zero-order valence-electron chi connectivity index (χ0n) is 9.87. The average Bonchev–Trinajstić information content (AvgIpc) is 2.35. The van der Waals surface area contributed by atoms with E-state index >= 15 is 0 Å². The lowest BCUT2D eigenvalue weighted by atomic mass is 9.94. The first-order chi connectivity index (χ1) is 8.41. The van der Waals surface area contributed by atoms with Crippen LogP contribution in [0.25, 0.3) is 0 Å². The second kappa shape index (κ2) is 4.31. The van der Waals surface area contributed by atoms with Gasteiger partial charge in [-0.2, -0.15) is 9.57 Å². The summed E-state index contributed by atoms with van der Waals surface area (Å²) in [6, 6.07) is 4.54. The van der Waals surface area contributed by atoms with Gasteiger partial charge < -0.3 is 5.11 Å². The van der Waals surface area contributed by atoms with E-state index in [1.807, 2.05) is 13.0 Å². The maximum absolute atomic E-state index is 12.1. The lowest BCUT2D eigenvalue weighted by Crippen LogP contribution is -2.62. The van der Waals surface area contributed by atoms with Crippen LogP contribution in [0.15, 0.2) is 23.2 Å². The lowest BCUT2D eigenvalue weighted by molar-refractivity contribution is -0.0613. The van der Waals surface area contributed by atoms with Crippen molar-refractivity contribution >= 4 is 10.0 Å². The zero-order chi connectivity index (χ0) is 13.4. The zero-order valence-corrected chi connectivity index (χ0v) is 10.7. The smallest absolute Gasteiger partial charge is 0.244 e. The van der Waals surface area contributed by atoms with Gasteiger partial charge in [0.2, 0.25) is 10.0 Å². The summed E-state index contributed by atoms with van der Waals surface area (Å²) >= 11 is 0. The second-order valence-electron chi connectivity index (χ2n) is 4.34. The summed E-state index contributed by atoms with van der Waals surface area (Å²) in [6.07, 6.45) is 1.68. The van der Waals surface area contributed by atoms with E-state index in [1.165, 1.54) is 16.4 Å². The van der Waals surface area contributed by atoms with Crippen LogP contribution in [0.5, 0.6) is 0 Å². The van der Waals surface area contributed by atoms with Gasteiger partial charge in [0.05, 0.1) is 5.60 Å². The number of aromatic nitrogens is 1. The highest BCUT2D eigenvalue weighted by molar-refractivity contribution is 7.89. The van der Waals surface area contributed by atoms with Crippen molar-refractivity contribution in [3.05, 3.63) is 24.0 Å². The highest BCUT2D eigenvalue weighted by Gasteiger charge is 2.46. The molecule has 1 saturated heterocycles. The first-order valence-electron chi connectivity index (χ1n) is 5.50. The summed E-state index contributed by atoms with van der Waals surface area (Å²) in [6.45, 7) is 2.02. The van der Waals surface area contributed by atoms with Crippen LogP contribution >= 0.6 is 0 Å². The van der Waals surface area contributed by atoms with Gasteiger partial charge in [-0.25, -0.2) is 13.4 Å². The molecule has 0 aliphatic carbocycles. The quantitative estimate of drug-likeness (QED) is 0.838. The molecular weight excluding hydrogens is 254 g/mol. The SMILES string of the molecule is CCC1(O)CN(S(=O)(=O)c2ccc(C#N)nc2)C1. The van der Waals surface area contributed by atoms with Gasteiger partial charge in [0, 0.05) is 19.3 Å². The van der Waals surface area contributed by atoms with Gasteiger partial charge in [-0.15, -0.1) is 0 Å². The van der Waals surface area contributed by atoms with E-state index < -0.39 is 15.6 Å². The topological polar surface area (TPSA) is 94.3 Å². The minimum atomic E-state index is -3.61. The van der Waals surface area contributed by atoms with Crippen molar-refractivity contribution in [2.24, 2.45) is 0 Å². The Bertz CT molecular complexity index is 583. The molecule has 2 heterocycles. The van der Waals surface area contributed by atoms with Crippen LogP contribution in [-0.4, -0.2) is 41.5 Å². The highest BCUT2D eigenvalue weighted by atomic mass is 32.2. The molecule has 18 heavy (non-hydrogen) atoms. The van der Waals surface area contributed by atoms with Crippen molar-refractivity contribution < 1.29 is 13.5 Å². The summed E-state index contributed by atoms with van der Waals surface area (Å²) in [5.41, 5.74) is -0.741. The molecule has 0 radical (unpaired) electrons. The van der Waals surface area contributed by atoms with Gasteiger partial charge in [0.15, 0.2) is 0 Å². The normalized spacial score (nSPS) is 18.9. The lowest BCUT2D eigenvalue weighted by Gasteiger charge is -2.44. The van der Waals surface area contributed by atoms with Crippen molar-refractivity contribution in [1.29, 1.82) is 5.26 Å². The molecule has 0 bridgehead atoms. The Kier molecular flexibility index (Phi) is 3.11. The van der Waals surface area contributed by atoms with Crippen LogP contribution in [0.3, 0.4) is 0 Å². The number of nitriles is 1. The number of rotatable bonds is 3. The Labute approximate surface area is 106 Å². The van der Waals surface area contributed by atoms with Crippen molar-refractivity contribution in [2.45, 2.75) is 23.8 Å². The molecule has 2 rings (SSSR count). The van der Waals surface area contributed by atoms with E-state index in [0.717, 1.165) is 6.20 Å². The largest absolute Gasteiger partial charge is 0.387 e. The summed E-state index contributed by atoms with van der Waals surface area (Å²) in [5, 5.41) is 18.4. The Morgan fingerprint density at radius 3 is 2.67 bits per heavy atom. The molecule has 6 nitrogen and oxygen atoms in total. The molecule has 7 heteroatoms. The predicted octanol–water partition coefficient (Wildman–Crippen LogP) is 0.0987. The molecule has 0 aromatic carbocycles. The van der Waals surface area contributed by atoms with Crippen LogP contribution < -0.4 is 0 Å². The van der Waals surface area contributed by atoms with E-state index in [-0.39, 0.29) is 23.7 Å². The fraction of sp³-hybridized carbons (Fsp3) is 0.455. The Morgan fingerprint density at radius 1 is 1.56 bits per heavy atom. The van der Waals surface area contributed by atoms with Crippen LogP contribution in [0, 0.1) is 11.3 Å². The molecule has 1 aliphatic heterocycles. The number of hydrogen-bond acceptors (Lipinski definition) is 5. The number of hydrogen-bond donors (Lipinski definition) is 1. The number of pyridine rings is 1. The third-order valence-corrected chi connectivity index (χ3v) is 4.86. The molecule has 0 unspecified atom stereocenters. The molecule has 0 amide bonds. The number of nitrogens with zero attached hydrogens (tertiary/aromatic N) is 3. The monoisotopic (exact) mass is 267 g/mol. The molecule has 1 aromatic heterocycles. The Balaban J connectivity index is 2.20. The van der Waals surface area contributed by atoms with E-state index in [4.69, 9.17) is 5.26 Å². The van der Waals surface area contributed by atoms with E-state index in [9.17, 15) is 13.5 Å². The molecular formula is C11H13N3O3S. The molecule has 1 N–H and O–H groups in total. The maximum atomic E-state index is 12.1. The molecule has 96 valence electrons. The van der Waals surface area contributed by atoms with Gasteiger partial charge in [-0.05, 0) is 18.6 Å². The second-order valence-corrected chi connectivity index (χ2v) is 6.28. The van der Waals surface area contributed by atoms with Crippen LogP contribution in [-0.2, 0) is 10.0 Å². The number of sulfonamides is 1. The molecule has 0 atom stereocenters. The van der Waals surface area contributed by atoms with Crippen LogP contribution in [0.1, 0.15) is 19.0 Å². The Morgan fingerprint density at radius 2 is 2.22 bits per heavy atom. The van der Waals surface area contributed by atoms with E-state index in [2.05, 4.69) is 4.98 Å². The summed E-state index contributed by atoms with van der Waals surface area (Å²) in [7, 11) is -3.61. The van der Waals surface area contributed by atoms with Gasteiger partial charge in [-0.1, -0.05) is 6.92 Å². The number of β-amino-alcohol motifs (C(OH)–C–C–N with tert-alkyl or cyclic N) is 1. The third kappa shape index (κ3) is 2.10. The standard InChI is InChI=1S/C11H13N3O3S/c1-2-11(15)7-14(8-11)18(16,17)10-4-3-9(5-12)13-6-10/h3-4,6,15H,2,7-8H2,1H3. The van der Waals surface area contributed by atoms with Crippen molar-refractivity contribution in [2.75, 3.05) is 13.1 Å². The molecule has 1 fully saturated rings. The summed E-state index contributed by atoms with van der Waals surface area (Å²) < 4.78 is 25.4. The van der Waals surface area contributed by atoms with Crippen molar-refractivity contribution in [3.8, 4) is 6.07 Å². The van der Waals surface area contributed by atoms with Crippen LogP contribution in [0.2, 0.25) is 0 Å². The fourth-order valence-electron chi connectivity index (χ4n) is 1.75. The molecule has 1 aliphatic rings. The molecule has 0 saturated carbocycles. The highest BCUT2D eigenvalue weighted by Crippen LogP contribution is 2.29. The minimum Gasteiger partial charge on any atom is -0.387 e. The fourth-order valence-corrected chi connectivity index (χ4v) is 3.30. The summed E-state index contributed by atoms with van der Waals surface area (Å²) in [5.74, 6) is 0. The first kappa shape index (κ1) is 13.0. The van der Waals surface area contributed by atoms with E-state index in [1.54, 1.807) is 0 Å². The van der Waals surface area contributed by atoms with Gasteiger partial charge in [0.1, 0.15) is 16.7 Å². The molecule has 0 spiro atoms. The van der Waals surface area contributed by atoms with E-state index in [0.29, 0.717) is 6.42 Å². The number of aliphatic hydroxyl groups is 1. The Hall–Kier alpha value is -1.49. The van der Waals surface area contributed by atoms with Gasteiger partial charge in [-0.3, -0.25) is 0 Å². The van der Waals surface area contributed by atoms with Crippen molar-refractivity contribution in [1.82, 2.24) is 9.29 Å². The predicted molar refractivity (Wildman–Crippen MR) is 63.0 cm³/mol. The van der Waals surface area contributed by atoms with Crippen molar-refractivity contribution in [3.63, 3.8) is 0 Å². The summed E-state index contributed by atoms with van der Waals surface area (Å²) in [4.78, 5) is 3.77. The van der Waals surface area contributed by atoms with Crippen LogP contribution in [0.4, 0.5) is 0 Å². The molecule has 1 aromatic rings. The van der Waals surface area contributed by atoms with Gasteiger partial charge in [0.25, 0.3) is 0 Å². The van der Waals surface area contributed by atoms with Gasteiger partial charge >= 0.3 is 0 Å². The minimum absolute atomic E-state index is 0.0413. The first-order valence-corrected chi connectivity index (χ1v) is 6.94. The maximum Gasteiger partial charge on any atom is 0.244 e. The average molecular weight is 267 g/mol.